The minimum atomic E-state index is -3.24. The quantitative estimate of drug-likeness (QED) is 0.545. The lowest BCUT2D eigenvalue weighted by molar-refractivity contribution is -0.141. The van der Waals surface area contributed by atoms with Gasteiger partial charge >= 0.3 is 5.97 Å². The maximum absolute atomic E-state index is 11.8. The summed E-state index contributed by atoms with van der Waals surface area (Å²) in [6.45, 7) is 1.87. The molecular weight excluding hydrogens is 316 g/mol. The summed E-state index contributed by atoms with van der Waals surface area (Å²) >= 11 is 1.52. The Morgan fingerprint density at radius 3 is 2.52 bits per heavy atom. The number of carbonyl (C=O) groups excluding carboxylic acids is 1. The molecule has 0 radical (unpaired) electrons. The van der Waals surface area contributed by atoms with E-state index in [4.69, 9.17) is 5.11 Å². The predicted molar refractivity (Wildman–Crippen MR) is 82.2 cm³/mol. The Kier molecular flexibility index (Phi) is 7.47. The van der Waals surface area contributed by atoms with Crippen molar-refractivity contribution in [1.29, 1.82) is 0 Å². The minimum absolute atomic E-state index is 0.113. The second-order valence-electron chi connectivity index (χ2n) is 5.14. The van der Waals surface area contributed by atoms with Gasteiger partial charge in [0.2, 0.25) is 5.91 Å². The Morgan fingerprint density at radius 2 is 2.00 bits per heavy atom. The van der Waals surface area contributed by atoms with E-state index >= 15 is 0 Å². The molecule has 1 amide bonds. The third-order valence-corrected chi connectivity index (χ3v) is 5.50. The Balaban J connectivity index is 2.35. The summed E-state index contributed by atoms with van der Waals surface area (Å²) in [4.78, 5) is 22.8. The van der Waals surface area contributed by atoms with Crippen LogP contribution in [0.5, 0.6) is 0 Å². The molecule has 1 fully saturated rings. The second-order valence-corrected chi connectivity index (χ2v) is 8.69. The van der Waals surface area contributed by atoms with Crippen molar-refractivity contribution >= 4 is 33.5 Å². The van der Waals surface area contributed by atoms with Crippen LogP contribution in [0, 0.1) is 0 Å². The molecular formula is C12H22N2O5S2. The lowest BCUT2D eigenvalue weighted by Crippen LogP contribution is -2.43. The van der Waals surface area contributed by atoms with Crippen molar-refractivity contribution in [3.8, 4) is 0 Å². The molecule has 1 unspecified atom stereocenters. The summed E-state index contributed by atoms with van der Waals surface area (Å²) in [5.41, 5.74) is 0. The third-order valence-electron chi connectivity index (χ3n) is 3.15. The van der Waals surface area contributed by atoms with E-state index in [-0.39, 0.29) is 23.8 Å². The number of nitrogens with one attached hydrogen (secondary N) is 2. The van der Waals surface area contributed by atoms with Gasteiger partial charge in [0, 0.05) is 11.5 Å². The van der Waals surface area contributed by atoms with Crippen molar-refractivity contribution in [1.82, 2.24) is 10.6 Å². The Labute approximate surface area is 129 Å². The van der Waals surface area contributed by atoms with E-state index < -0.39 is 21.8 Å². The zero-order valence-electron chi connectivity index (χ0n) is 12.0. The third kappa shape index (κ3) is 8.27. The molecule has 1 aliphatic heterocycles. The molecule has 0 aromatic rings. The number of aliphatic carboxylic acids is 1. The summed E-state index contributed by atoms with van der Waals surface area (Å²) < 4.78 is 22.1. The van der Waals surface area contributed by atoms with Gasteiger partial charge in [-0.3, -0.25) is 4.79 Å². The van der Waals surface area contributed by atoms with Crippen molar-refractivity contribution in [2.24, 2.45) is 0 Å². The number of rotatable bonds is 8. The van der Waals surface area contributed by atoms with Crippen molar-refractivity contribution in [2.75, 3.05) is 30.9 Å². The highest BCUT2D eigenvalue weighted by Crippen LogP contribution is 2.19. The molecule has 1 rings (SSSR count). The first-order chi connectivity index (χ1) is 9.78. The van der Waals surface area contributed by atoms with Crippen LogP contribution in [0.15, 0.2) is 0 Å². The van der Waals surface area contributed by atoms with E-state index in [1.807, 2.05) is 0 Å². The molecule has 9 heteroatoms. The lowest BCUT2D eigenvalue weighted by atomic mass is 10.2. The fourth-order valence-corrected chi connectivity index (χ4v) is 3.68. The van der Waals surface area contributed by atoms with E-state index in [1.165, 1.54) is 11.8 Å². The molecule has 1 saturated heterocycles. The molecule has 0 saturated carbocycles. The van der Waals surface area contributed by atoms with Gasteiger partial charge in [0.1, 0.15) is 15.9 Å². The fourth-order valence-electron chi connectivity index (χ4n) is 1.98. The molecule has 21 heavy (non-hydrogen) atoms. The molecule has 3 N–H and O–H groups in total. The SMILES string of the molecule is CS(=O)(=O)CCC(NC(=O)CSC1CCNCC1)C(=O)O. The first-order valence-corrected chi connectivity index (χ1v) is 9.91. The van der Waals surface area contributed by atoms with Crippen LogP contribution in [-0.4, -0.2) is 67.5 Å². The smallest absolute Gasteiger partial charge is 0.326 e. The topological polar surface area (TPSA) is 113 Å². The van der Waals surface area contributed by atoms with E-state index in [0.717, 1.165) is 32.2 Å². The van der Waals surface area contributed by atoms with Gasteiger partial charge in [-0.15, -0.1) is 11.8 Å². The molecule has 0 aromatic carbocycles. The highest BCUT2D eigenvalue weighted by Gasteiger charge is 2.22. The predicted octanol–water partition coefficient (Wildman–Crippen LogP) is -0.524. The normalized spacial score (nSPS) is 18.1. The van der Waals surface area contributed by atoms with Crippen molar-refractivity contribution in [3.63, 3.8) is 0 Å². The molecule has 122 valence electrons. The lowest BCUT2D eigenvalue weighted by Gasteiger charge is -2.22. The van der Waals surface area contributed by atoms with Crippen molar-refractivity contribution in [2.45, 2.75) is 30.6 Å². The van der Waals surface area contributed by atoms with Gasteiger partial charge in [-0.1, -0.05) is 0 Å². The number of carbonyl (C=O) groups is 2. The van der Waals surface area contributed by atoms with Gasteiger partial charge in [0.05, 0.1) is 11.5 Å². The minimum Gasteiger partial charge on any atom is -0.480 e. The van der Waals surface area contributed by atoms with E-state index in [0.29, 0.717) is 5.25 Å². The van der Waals surface area contributed by atoms with Gasteiger partial charge in [-0.2, -0.15) is 0 Å². The van der Waals surface area contributed by atoms with Crippen LogP contribution in [0.25, 0.3) is 0 Å². The fraction of sp³-hybridized carbons (Fsp3) is 0.833. The van der Waals surface area contributed by atoms with Crippen LogP contribution < -0.4 is 10.6 Å². The number of thioether (sulfide) groups is 1. The molecule has 7 nitrogen and oxygen atoms in total. The monoisotopic (exact) mass is 338 g/mol. The molecule has 0 spiro atoms. The van der Waals surface area contributed by atoms with E-state index in [1.54, 1.807) is 0 Å². The maximum Gasteiger partial charge on any atom is 0.326 e. The largest absolute Gasteiger partial charge is 0.480 e. The Bertz CT molecular complexity index is 460. The number of carboxylic acids is 1. The number of sulfone groups is 1. The molecule has 1 aliphatic rings. The number of hydrogen-bond donors (Lipinski definition) is 3. The Hall–Kier alpha value is -0.800. The summed E-state index contributed by atoms with van der Waals surface area (Å²) in [5.74, 6) is -1.63. The first kappa shape index (κ1) is 18.2. The van der Waals surface area contributed by atoms with Crippen molar-refractivity contribution in [3.05, 3.63) is 0 Å². The first-order valence-electron chi connectivity index (χ1n) is 6.80. The van der Waals surface area contributed by atoms with Crippen LogP contribution >= 0.6 is 11.8 Å². The second kappa shape index (κ2) is 8.60. The Morgan fingerprint density at radius 1 is 1.38 bits per heavy atom. The number of carboxylic acid groups (broad SMARTS) is 1. The number of hydrogen-bond acceptors (Lipinski definition) is 6. The van der Waals surface area contributed by atoms with E-state index in [2.05, 4.69) is 10.6 Å². The molecule has 0 aliphatic carbocycles. The van der Waals surface area contributed by atoms with Gasteiger partial charge in [-0.25, -0.2) is 13.2 Å². The van der Waals surface area contributed by atoms with Gasteiger partial charge in [0.25, 0.3) is 0 Å². The van der Waals surface area contributed by atoms with E-state index in [9.17, 15) is 18.0 Å². The van der Waals surface area contributed by atoms with Crippen LogP contribution in [-0.2, 0) is 19.4 Å². The maximum atomic E-state index is 11.8. The van der Waals surface area contributed by atoms with Crippen molar-refractivity contribution < 1.29 is 23.1 Å². The van der Waals surface area contributed by atoms with Crippen LogP contribution in [0.4, 0.5) is 0 Å². The molecule has 0 bridgehead atoms. The summed E-state index contributed by atoms with van der Waals surface area (Å²) in [6, 6.07) is -1.15. The molecule has 1 heterocycles. The summed E-state index contributed by atoms with van der Waals surface area (Å²) in [7, 11) is -3.24. The van der Waals surface area contributed by atoms with Gasteiger partial charge < -0.3 is 15.7 Å². The average Bonchev–Trinajstić information content (AvgIpc) is 2.41. The summed E-state index contributed by atoms with van der Waals surface area (Å²) in [5, 5.41) is 15.0. The number of piperidine rings is 1. The zero-order valence-corrected chi connectivity index (χ0v) is 13.6. The highest BCUT2D eigenvalue weighted by atomic mass is 32.2. The van der Waals surface area contributed by atoms with Gasteiger partial charge in [0.15, 0.2) is 0 Å². The summed E-state index contributed by atoms with van der Waals surface area (Å²) in [6.07, 6.45) is 2.92. The standard InChI is InChI=1S/C12H22N2O5S2/c1-21(18,19)7-4-10(12(16)17)14-11(15)8-20-9-2-5-13-6-3-9/h9-10,13H,2-8H2,1H3,(H,14,15)(H,16,17). The zero-order chi connectivity index (χ0) is 15.9. The average molecular weight is 338 g/mol. The van der Waals surface area contributed by atoms with Crippen LogP contribution in [0.2, 0.25) is 0 Å². The van der Waals surface area contributed by atoms with Crippen LogP contribution in [0.3, 0.4) is 0 Å². The van der Waals surface area contributed by atoms with Gasteiger partial charge in [-0.05, 0) is 32.4 Å². The van der Waals surface area contributed by atoms with Crippen LogP contribution in [0.1, 0.15) is 19.3 Å². The number of amides is 1. The molecule has 1 atom stereocenters. The highest BCUT2D eigenvalue weighted by molar-refractivity contribution is 8.00. The molecule has 0 aromatic heterocycles.